The van der Waals surface area contributed by atoms with Crippen LogP contribution in [0.2, 0.25) is 0 Å². The number of hydrogen-bond donors (Lipinski definition) is 0. The van der Waals surface area contributed by atoms with Gasteiger partial charge in [-0.05, 0) is 99.9 Å². The lowest BCUT2D eigenvalue weighted by Crippen LogP contribution is -2.15. The van der Waals surface area contributed by atoms with Gasteiger partial charge in [0.25, 0.3) is 0 Å². The number of pyridine rings is 4. The molecule has 0 aliphatic heterocycles. The standard InChI is InChI=1S/C20H20N4OS.C20H18N4OS/c1-13(2)25-24-17-7-3-5-14-8-9-16(23-19(14)17)18-12-22-20(26-18)15-6-4-10-21-11-15;1-2-11-25-24-17-7-3-5-14-8-9-16(23-19(14)17)18-13-22-20(26-18)15-6-4-10-21-12-15/h4,6,8-13H,3,5,7H2,1-2H3;2,4,6,8-10,12-13H,1,3,5,7,11H2/b2*24-17+. The van der Waals surface area contributed by atoms with Gasteiger partial charge in [-0.2, -0.15) is 0 Å². The molecule has 0 saturated heterocycles. The molecular formula is C40H38N8O2S2. The van der Waals surface area contributed by atoms with Gasteiger partial charge in [-0.1, -0.05) is 35.1 Å². The summed E-state index contributed by atoms with van der Waals surface area (Å²) in [6.45, 7) is 8.02. The summed E-state index contributed by atoms with van der Waals surface area (Å²) < 4.78 is 0. The third-order valence-electron chi connectivity index (χ3n) is 8.30. The van der Waals surface area contributed by atoms with Gasteiger partial charge in [0.05, 0.1) is 32.5 Å². The summed E-state index contributed by atoms with van der Waals surface area (Å²) >= 11 is 3.24. The van der Waals surface area contributed by atoms with E-state index in [-0.39, 0.29) is 6.10 Å². The Morgan fingerprint density at radius 2 is 1.25 bits per heavy atom. The minimum absolute atomic E-state index is 0.0691. The fraction of sp³-hybridized carbons (Fsp3) is 0.250. The molecule has 6 heterocycles. The van der Waals surface area contributed by atoms with Crippen LogP contribution in [-0.2, 0) is 22.5 Å². The van der Waals surface area contributed by atoms with Crippen molar-refractivity contribution in [1.82, 2.24) is 29.9 Å². The molecular weight excluding hydrogens is 689 g/mol. The van der Waals surface area contributed by atoms with Crippen molar-refractivity contribution in [3.63, 3.8) is 0 Å². The van der Waals surface area contributed by atoms with Gasteiger partial charge in [-0.15, -0.1) is 22.7 Å². The van der Waals surface area contributed by atoms with E-state index in [1.807, 2.05) is 62.9 Å². The van der Waals surface area contributed by atoms with Crippen molar-refractivity contribution in [3.05, 3.63) is 121 Å². The van der Waals surface area contributed by atoms with Crippen LogP contribution in [0.5, 0.6) is 0 Å². The SMILES string of the molecule is C=CCO/N=C1\CCCc2ccc(-c3cnc(-c4cccnc4)s3)nc21.CC(C)O/N=C1\CCCc2ccc(-c3cnc(-c4cccnc4)s3)nc21. The van der Waals surface area contributed by atoms with Crippen LogP contribution < -0.4 is 0 Å². The van der Waals surface area contributed by atoms with Gasteiger partial charge in [0.2, 0.25) is 0 Å². The van der Waals surface area contributed by atoms with E-state index in [0.29, 0.717) is 6.61 Å². The molecule has 0 radical (unpaired) electrons. The van der Waals surface area contributed by atoms with Crippen molar-refractivity contribution >= 4 is 34.1 Å². The van der Waals surface area contributed by atoms with Gasteiger partial charge >= 0.3 is 0 Å². The van der Waals surface area contributed by atoms with Crippen molar-refractivity contribution in [1.29, 1.82) is 0 Å². The average molecular weight is 727 g/mol. The van der Waals surface area contributed by atoms with Crippen LogP contribution in [0, 0.1) is 0 Å². The van der Waals surface area contributed by atoms with Crippen LogP contribution in [0.25, 0.3) is 42.3 Å². The third kappa shape index (κ3) is 8.35. The molecule has 0 unspecified atom stereocenters. The summed E-state index contributed by atoms with van der Waals surface area (Å²) in [6.07, 6.45) is 18.7. The number of aryl methyl sites for hydroxylation is 2. The molecule has 0 fully saturated rings. The number of aromatic nitrogens is 6. The maximum Gasteiger partial charge on any atom is 0.135 e. The van der Waals surface area contributed by atoms with Crippen LogP contribution in [0.1, 0.15) is 62.0 Å². The van der Waals surface area contributed by atoms with E-state index in [2.05, 4.69) is 61.1 Å². The Balaban J connectivity index is 0.000000162. The van der Waals surface area contributed by atoms with Gasteiger partial charge in [-0.3, -0.25) is 9.97 Å². The average Bonchev–Trinajstić information content (AvgIpc) is 3.90. The molecule has 2 aliphatic rings. The van der Waals surface area contributed by atoms with E-state index in [9.17, 15) is 0 Å². The fourth-order valence-electron chi connectivity index (χ4n) is 5.83. The monoisotopic (exact) mass is 726 g/mol. The summed E-state index contributed by atoms with van der Waals surface area (Å²) in [5.74, 6) is 0. The molecule has 0 atom stereocenters. The molecule has 262 valence electrons. The van der Waals surface area contributed by atoms with E-state index in [4.69, 9.17) is 19.6 Å². The highest BCUT2D eigenvalue weighted by atomic mass is 32.1. The summed E-state index contributed by atoms with van der Waals surface area (Å²) in [7, 11) is 0. The molecule has 0 amide bonds. The first-order valence-corrected chi connectivity index (χ1v) is 18.9. The lowest BCUT2D eigenvalue weighted by Gasteiger charge is -2.17. The van der Waals surface area contributed by atoms with E-state index in [0.717, 1.165) is 104 Å². The zero-order valence-electron chi connectivity index (χ0n) is 29.1. The summed E-state index contributed by atoms with van der Waals surface area (Å²) in [5.41, 5.74) is 10.1. The van der Waals surface area contributed by atoms with Crippen LogP contribution in [0.3, 0.4) is 0 Å². The molecule has 12 heteroatoms. The molecule has 52 heavy (non-hydrogen) atoms. The Hall–Kier alpha value is -5.46. The molecule has 0 bridgehead atoms. The predicted octanol–water partition coefficient (Wildman–Crippen LogP) is 9.24. The van der Waals surface area contributed by atoms with Crippen molar-refractivity contribution in [3.8, 4) is 42.3 Å². The number of hydrogen-bond acceptors (Lipinski definition) is 12. The predicted molar refractivity (Wildman–Crippen MR) is 208 cm³/mol. The third-order valence-corrected chi connectivity index (χ3v) is 10.4. The Labute approximate surface area is 311 Å². The quantitative estimate of drug-likeness (QED) is 0.0822. The number of rotatable bonds is 9. The number of fused-ring (bicyclic) bond motifs is 2. The first-order valence-electron chi connectivity index (χ1n) is 17.3. The van der Waals surface area contributed by atoms with Crippen molar-refractivity contribution in [2.75, 3.05) is 6.61 Å². The van der Waals surface area contributed by atoms with E-state index < -0.39 is 0 Å². The number of oxime groups is 2. The van der Waals surface area contributed by atoms with Crippen LogP contribution in [0.15, 0.2) is 109 Å². The van der Waals surface area contributed by atoms with Gasteiger partial charge in [0.15, 0.2) is 0 Å². The smallest absolute Gasteiger partial charge is 0.135 e. The summed E-state index contributed by atoms with van der Waals surface area (Å²) in [4.78, 5) is 40.0. The minimum Gasteiger partial charge on any atom is -0.393 e. The van der Waals surface area contributed by atoms with Gasteiger partial charge in [0.1, 0.15) is 34.1 Å². The number of nitrogens with zero attached hydrogens (tertiary/aromatic N) is 8. The Kier molecular flexibility index (Phi) is 11.2. The largest absolute Gasteiger partial charge is 0.393 e. The highest BCUT2D eigenvalue weighted by Gasteiger charge is 2.21. The zero-order valence-corrected chi connectivity index (χ0v) is 30.7. The lowest BCUT2D eigenvalue weighted by molar-refractivity contribution is 0.0854. The molecule has 0 saturated carbocycles. The summed E-state index contributed by atoms with van der Waals surface area (Å²) in [6, 6.07) is 16.3. The van der Waals surface area contributed by atoms with E-state index in [1.165, 1.54) is 11.1 Å². The second-order valence-electron chi connectivity index (χ2n) is 12.5. The second-order valence-corrected chi connectivity index (χ2v) is 14.5. The van der Waals surface area contributed by atoms with Gasteiger partial charge < -0.3 is 9.68 Å². The van der Waals surface area contributed by atoms with Crippen LogP contribution in [-0.4, -0.2) is 54.0 Å². The molecule has 6 aromatic heterocycles. The van der Waals surface area contributed by atoms with Crippen molar-refractivity contribution < 1.29 is 9.68 Å². The molecule has 0 spiro atoms. The fourth-order valence-corrected chi connectivity index (χ4v) is 7.58. The summed E-state index contributed by atoms with van der Waals surface area (Å²) in [5, 5.41) is 10.5. The maximum atomic E-state index is 5.48. The topological polar surface area (TPSA) is 121 Å². The first kappa shape index (κ1) is 35.0. The molecule has 2 aliphatic carbocycles. The second kappa shape index (κ2) is 16.7. The normalized spacial score (nSPS) is 15.1. The molecule has 6 aromatic rings. The highest BCUT2D eigenvalue weighted by molar-refractivity contribution is 7.18. The molecule has 10 nitrogen and oxygen atoms in total. The van der Waals surface area contributed by atoms with Crippen molar-refractivity contribution in [2.24, 2.45) is 10.3 Å². The molecule has 8 rings (SSSR count). The Morgan fingerprint density at radius 3 is 1.73 bits per heavy atom. The highest BCUT2D eigenvalue weighted by Crippen LogP contribution is 2.34. The first-order chi connectivity index (χ1) is 25.6. The van der Waals surface area contributed by atoms with Crippen LogP contribution >= 0.6 is 22.7 Å². The zero-order chi connectivity index (χ0) is 35.7. The molecule has 0 aromatic carbocycles. The number of thiazole rings is 2. The molecule has 0 N–H and O–H groups in total. The van der Waals surface area contributed by atoms with E-state index in [1.54, 1.807) is 41.1 Å². The van der Waals surface area contributed by atoms with Gasteiger partial charge in [-0.25, -0.2) is 19.9 Å². The van der Waals surface area contributed by atoms with Gasteiger partial charge in [0, 0.05) is 48.3 Å². The maximum absolute atomic E-state index is 5.48. The Bertz CT molecular complexity index is 2200. The minimum atomic E-state index is 0.0691. The van der Waals surface area contributed by atoms with Crippen LogP contribution in [0.4, 0.5) is 0 Å². The van der Waals surface area contributed by atoms with E-state index >= 15 is 0 Å². The van der Waals surface area contributed by atoms with Crippen molar-refractivity contribution in [2.45, 2.75) is 58.5 Å². The lowest BCUT2D eigenvalue weighted by atomic mass is 9.94. The Morgan fingerprint density at radius 1 is 0.712 bits per heavy atom.